The minimum atomic E-state index is -0.503. The summed E-state index contributed by atoms with van der Waals surface area (Å²) in [6.07, 6.45) is 1.70. The largest absolute Gasteiger partial charge is 0.514 e. The number of hydrogen-bond donors (Lipinski definition) is 0. The first-order chi connectivity index (χ1) is 10.2. The van der Waals surface area contributed by atoms with Crippen LogP contribution in [0.4, 0.5) is 4.39 Å². The molecule has 1 saturated heterocycles. The van der Waals surface area contributed by atoms with Crippen LogP contribution in [0.1, 0.15) is 33.3 Å². The van der Waals surface area contributed by atoms with Crippen LogP contribution in [0.2, 0.25) is 0 Å². The Labute approximate surface area is 130 Å². The Kier molecular flexibility index (Phi) is 3.42. The summed E-state index contributed by atoms with van der Waals surface area (Å²) < 4.78 is 27.2. The fourth-order valence-electron chi connectivity index (χ4n) is 2.51. The normalized spacial score (nSPS) is 19.6. The molecule has 0 spiro atoms. The molecule has 1 aromatic heterocycles. The van der Waals surface area contributed by atoms with Crippen LogP contribution in [-0.2, 0) is 9.31 Å². The highest BCUT2D eigenvalue weighted by atomic mass is 19.1. The molecule has 0 saturated carbocycles. The maximum atomic E-state index is 13.3. The first-order valence-electron chi connectivity index (χ1n) is 7.37. The SMILES string of the molecule is Cc1cc(F)ccc1-n1nccc1B1OC(C)(C)C(C)(C)O1. The summed E-state index contributed by atoms with van der Waals surface area (Å²) in [5, 5.41) is 4.35. The van der Waals surface area contributed by atoms with Crippen LogP contribution in [0.3, 0.4) is 0 Å². The van der Waals surface area contributed by atoms with Crippen LogP contribution in [0.15, 0.2) is 30.5 Å². The lowest BCUT2D eigenvalue weighted by Gasteiger charge is -2.32. The first-order valence-corrected chi connectivity index (χ1v) is 7.37. The Morgan fingerprint density at radius 3 is 2.32 bits per heavy atom. The molecule has 3 rings (SSSR count). The number of halogens is 1. The van der Waals surface area contributed by atoms with E-state index < -0.39 is 18.3 Å². The van der Waals surface area contributed by atoms with Crippen molar-refractivity contribution in [2.75, 3.05) is 0 Å². The van der Waals surface area contributed by atoms with E-state index in [9.17, 15) is 4.39 Å². The maximum absolute atomic E-state index is 13.3. The summed E-state index contributed by atoms with van der Waals surface area (Å²) in [6, 6.07) is 6.50. The average molecular weight is 302 g/mol. The van der Waals surface area contributed by atoms with Gasteiger partial charge in [-0.25, -0.2) is 9.07 Å². The van der Waals surface area contributed by atoms with E-state index in [1.807, 2.05) is 40.7 Å². The lowest BCUT2D eigenvalue weighted by Crippen LogP contribution is -2.41. The third-order valence-electron chi connectivity index (χ3n) is 4.55. The monoisotopic (exact) mass is 302 g/mol. The van der Waals surface area contributed by atoms with Crippen molar-refractivity contribution < 1.29 is 13.7 Å². The third-order valence-corrected chi connectivity index (χ3v) is 4.55. The van der Waals surface area contributed by atoms with Gasteiger partial charge in [-0.2, -0.15) is 5.10 Å². The zero-order chi connectivity index (χ0) is 16.1. The molecule has 6 heteroatoms. The molecule has 0 atom stereocenters. The van der Waals surface area contributed by atoms with Crippen LogP contribution < -0.4 is 5.59 Å². The van der Waals surface area contributed by atoms with Crippen molar-refractivity contribution in [2.24, 2.45) is 0 Å². The van der Waals surface area contributed by atoms with Crippen molar-refractivity contribution >= 4 is 12.7 Å². The second-order valence-electron chi connectivity index (χ2n) is 6.69. The summed E-state index contributed by atoms with van der Waals surface area (Å²) >= 11 is 0. The van der Waals surface area contributed by atoms with Gasteiger partial charge in [0.25, 0.3) is 0 Å². The molecule has 116 valence electrons. The number of aromatic nitrogens is 2. The molecule has 1 aliphatic rings. The van der Waals surface area contributed by atoms with Gasteiger partial charge < -0.3 is 9.31 Å². The van der Waals surface area contributed by atoms with Gasteiger partial charge in [-0.1, -0.05) is 0 Å². The van der Waals surface area contributed by atoms with Gasteiger partial charge in [0.2, 0.25) is 0 Å². The lowest BCUT2D eigenvalue weighted by atomic mass is 9.84. The molecule has 22 heavy (non-hydrogen) atoms. The van der Waals surface area contributed by atoms with Gasteiger partial charge in [0.15, 0.2) is 0 Å². The molecule has 0 bridgehead atoms. The number of rotatable bonds is 2. The second-order valence-corrected chi connectivity index (χ2v) is 6.69. The highest BCUT2D eigenvalue weighted by molar-refractivity contribution is 6.61. The zero-order valence-corrected chi connectivity index (χ0v) is 13.6. The highest BCUT2D eigenvalue weighted by Crippen LogP contribution is 2.36. The molecule has 0 radical (unpaired) electrons. The Morgan fingerprint density at radius 2 is 1.73 bits per heavy atom. The Hall–Kier alpha value is -1.66. The van der Waals surface area contributed by atoms with Gasteiger partial charge in [-0.15, -0.1) is 0 Å². The third kappa shape index (κ3) is 2.36. The molecule has 1 aliphatic heterocycles. The van der Waals surface area contributed by atoms with E-state index in [4.69, 9.17) is 9.31 Å². The number of aryl methyl sites for hydroxylation is 1. The molecule has 0 N–H and O–H groups in total. The summed E-state index contributed by atoms with van der Waals surface area (Å²) in [5.74, 6) is -0.259. The number of hydrogen-bond acceptors (Lipinski definition) is 3. The van der Waals surface area contributed by atoms with E-state index in [0.717, 1.165) is 16.8 Å². The van der Waals surface area contributed by atoms with Crippen molar-refractivity contribution in [3.63, 3.8) is 0 Å². The van der Waals surface area contributed by atoms with Gasteiger partial charge in [0, 0.05) is 6.20 Å². The molecule has 1 aromatic carbocycles. The van der Waals surface area contributed by atoms with E-state index in [0.29, 0.717) is 0 Å². The smallest absolute Gasteiger partial charge is 0.398 e. The van der Waals surface area contributed by atoms with E-state index in [1.165, 1.54) is 12.1 Å². The van der Waals surface area contributed by atoms with Crippen molar-refractivity contribution in [2.45, 2.75) is 45.8 Å². The van der Waals surface area contributed by atoms with Crippen LogP contribution in [0.25, 0.3) is 5.69 Å². The molecular weight excluding hydrogens is 282 g/mol. The average Bonchev–Trinajstić information content (AvgIpc) is 2.93. The molecular formula is C16H20BFN2O2. The van der Waals surface area contributed by atoms with Gasteiger partial charge in [0.1, 0.15) is 5.82 Å². The zero-order valence-electron chi connectivity index (χ0n) is 13.6. The molecule has 2 heterocycles. The standard InChI is InChI=1S/C16H20BFN2O2/c1-11-10-12(18)6-7-13(11)20-14(8-9-19-20)17-21-15(2,3)16(4,5)22-17/h6-10H,1-5H3. The molecule has 4 nitrogen and oxygen atoms in total. The fraction of sp³-hybridized carbons (Fsp3) is 0.438. The Bertz CT molecular complexity index is 696. The minimum absolute atomic E-state index is 0.259. The van der Waals surface area contributed by atoms with Gasteiger partial charge >= 0.3 is 7.12 Å². The van der Waals surface area contributed by atoms with Crippen LogP contribution in [-0.4, -0.2) is 28.1 Å². The van der Waals surface area contributed by atoms with Gasteiger partial charge in [-0.3, -0.25) is 0 Å². The molecule has 0 aliphatic carbocycles. The minimum Gasteiger partial charge on any atom is -0.398 e. The Balaban J connectivity index is 2.00. The van der Waals surface area contributed by atoms with Crippen LogP contribution >= 0.6 is 0 Å². The molecule has 0 amide bonds. The number of benzene rings is 1. The molecule has 0 unspecified atom stereocenters. The van der Waals surface area contributed by atoms with Crippen molar-refractivity contribution in [1.29, 1.82) is 0 Å². The summed E-state index contributed by atoms with van der Waals surface area (Å²) in [7, 11) is -0.503. The van der Waals surface area contributed by atoms with Crippen molar-refractivity contribution in [3.05, 3.63) is 41.8 Å². The molecule has 1 fully saturated rings. The quantitative estimate of drug-likeness (QED) is 0.800. The number of nitrogens with zero attached hydrogens (tertiary/aromatic N) is 2. The lowest BCUT2D eigenvalue weighted by molar-refractivity contribution is 0.00578. The van der Waals surface area contributed by atoms with Gasteiger partial charge in [0.05, 0.1) is 22.5 Å². The predicted octanol–water partition coefficient (Wildman–Crippen LogP) is 2.62. The van der Waals surface area contributed by atoms with Crippen molar-refractivity contribution in [3.8, 4) is 5.69 Å². The van der Waals surface area contributed by atoms with E-state index in [2.05, 4.69) is 5.10 Å². The summed E-state index contributed by atoms with van der Waals surface area (Å²) in [6.45, 7) is 9.90. The summed E-state index contributed by atoms with van der Waals surface area (Å²) in [4.78, 5) is 0. The van der Waals surface area contributed by atoms with E-state index in [1.54, 1.807) is 16.9 Å². The predicted molar refractivity (Wildman–Crippen MR) is 84.0 cm³/mol. The van der Waals surface area contributed by atoms with Crippen molar-refractivity contribution in [1.82, 2.24) is 9.78 Å². The second kappa shape index (κ2) is 4.93. The fourth-order valence-corrected chi connectivity index (χ4v) is 2.51. The van der Waals surface area contributed by atoms with Crippen LogP contribution in [0.5, 0.6) is 0 Å². The van der Waals surface area contributed by atoms with Crippen LogP contribution in [0, 0.1) is 12.7 Å². The summed E-state index contributed by atoms with van der Waals surface area (Å²) in [5.41, 5.74) is 1.60. The highest BCUT2D eigenvalue weighted by Gasteiger charge is 2.52. The Morgan fingerprint density at radius 1 is 1.09 bits per heavy atom. The first kappa shape index (κ1) is 15.2. The van der Waals surface area contributed by atoms with E-state index >= 15 is 0 Å². The topological polar surface area (TPSA) is 36.3 Å². The van der Waals surface area contributed by atoms with Gasteiger partial charge in [-0.05, 0) is 64.4 Å². The van der Waals surface area contributed by atoms with E-state index in [-0.39, 0.29) is 5.82 Å². The molecule has 2 aromatic rings. The maximum Gasteiger partial charge on any atom is 0.514 e.